The second kappa shape index (κ2) is 16.7. The van der Waals surface area contributed by atoms with E-state index in [0.717, 1.165) is 16.2 Å². The summed E-state index contributed by atoms with van der Waals surface area (Å²) >= 11 is 0. The van der Waals surface area contributed by atoms with Crippen LogP contribution in [0.1, 0.15) is 94.1 Å². The molecule has 1 heterocycles. The lowest BCUT2D eigenvalue weighted by Crippen LogP contribution is -2.56. The molecule has 0 aliphatic carbocycles. The Morgan fingerprint density at radius 2 is 1.32 bits per heavy atom. The van der Waals surface area contributed by atoms with Crippen molar-refractivity contribution in [3.8, 4) is 11.5 Å². The molecule has 0 radical (unpaired) electrons. The Kier molecular flexibility index (Phi) is 13.7. The summed E-state index contributed by atoms with van der Waals surface area (Å²) in [6.07, 6.45) is -0.654. The summed E-state index contributed by atoms with van der Waals surface area (Å²) < 4.78 is 43.7. The van der Waals surface area contributed by atoms with Crippen LogP contribution in [0.4, 0.5) is 9.59 Å². The molecule has 0 aromatic heterocycles. The highest BCUT2D eigenvalue weighted by molar-refractivity contribution is 7.62. The monoisotopic (exact) mass is 716 g/mol. The number of carbonyl (C=O) groups excluding carboxylic acids is 3. The number of imide groups is 1. The van der Waals surface area contributed by atoms with Crippen LogP contribution in [0.5, 0.6) is 11.5 Å². The molecule has 0 spiro atoms. The number of benzene rings is 2. The van der Waals surface area contributed by atoms with E-state index in [9.17, 15) is 18.9 Å². The summed E-state index contributed by atoms with van der Waals surface area (Å²) in [6, 6.07) is 17.3. The Morgan fingerprint density at radius 3 is 1.84 bits per heavy atom. The van der Waals surface area contributed by atoms with Crippen LogP contribution in [0.2, 0.25) is 0 Å². The molecule has 1 fully saturated rings. The maximum atomic E-state index is 14.8. The van der Waals surface area contributed by atoms with E-state index < -0.39 is 47.5 Å². The SMILES string of the molecule is CCOP1(=O)CCN(Cc2ccc(Oc3ccccc3)cc2)CC1(CCCCN(C(=O)OC(C)(C)C)C(=O)OC(C)(C)C)C(=O)OC(C)(C)C. The summed E-state index contributed by atoms with van der Waals surface area (Å²) in [5, 5.41) is -1.46. The van der Waals surface area contributed by atoms with E-state index in [2.05, 4.69) is 4.90 Å². The third-order valence-corrected chi connectivity index (χ3v) is 11.0. The zero-order chi connectivity index (χ0) is 37.4. The molecular formula is C38H57N2O9P. The van der Waals surface area contributed by atoms with Crippen molar-refractivity contribution >= 4 is 25.5 Å². The van der Waals surface area contributed by atoms with Crippen molar-refractivity contribution in [1.29, 1.82) is 0 Å². The number of hydrogen-bond acceptors (Lipinski definition) is 10. The van der Waals surface area contributed by atoms with Gasteiger partial charge in [0.15, 0.2) is 5.16 Å². The van der Waals surface area contributed by atoms with Crippen LogP contribution >= 0.6 is 7.37 Å². The number of para-hydroxylation sites is 1. The minimum Gasteiger partial charge on any atom is -0.459 e. The molecule has 1 aliphatic heterocycles. The lowest BCUT2D eigenvalue weighted by atomic mass is 9.98. The lowest BCUT2D eigenvalue weighted by Gasteiger charge is -2.46. The average molecular weight is 717 g/mol. The molecule has 1 aliphatic rings. The first-order valence-electron chi connectivity index (χ1n) is 17.4. The van der Waals surface area contributed by atoms with Crippen molar-refractivity contribution in [3.63, 3.8) is 0 Å². The molecule has 11 nitrogen and oxygen atoms in total. The first-order valence-corrected chi connectivity index (χ1v) is 19.2. The Morgan fingerprint density at radius 1 is 0.780 bits per heavy atom. The van der Waals surface area contributed by atoms with E-state index in [0.29, 0.717) is 31.7 Å². The number of amides is 2. The number of rotatable bonds is 12. The molecule has 50 heavy (non-hydrogen) atoms. The van der Waals surface area contributed by atoms with Crippen LogP contribution in [0.15, 0.2) is 54.6 Å². The fraction of sp³-hybridized carbons (Fsp3) is 0.605. The Hall–Kier alpha value is -3.40. The average Bonchev–Trinajstić information content (AvgIpc) is 2.97. The topological polar surface area (TPSA) is 121 Å². The number of hydrogen-bond donors (Lipinski definition) is 0. The van der Waals surface area contributed by atoms with Gasteiger partial charge >= 0.3 is 18.2 Å². The first-order chi connectivity index (χ1) is 23.2. The molecule has 2 aromatic rings. The number of ether oxygens (including phenoxy) is 4. The van der Waals surface area contributed by atoms with E-state index in [1.165, 1.54) is 0 Å². The second-order valence-corrected chi connectivity index (χ2v) is 18.6. The first kappa shape index (κ1) is 41.0. The third kappa shape index (κ3) is 12.1. The predicted octanol–water partition coefficient (Wildman–Crippen LogP) is 9.03. The molecule has 3 rings (SSSR count). The van der Waals surface area contributed by atoms with Gasteiger partial charge < -0.3 is 23.5 Å². The Labute approximate surface area is 298 Å². The quantitative estimate of drug-likeness (QED) is 0.0911. The number of esters is 1. The minimum atomic E-state index is -3.58. The van der Waals surface area contributed by atoms with Gasteiger partial charge in [0.05, 0.1) is 6.61 Å². The largest absolute Gasteiger partial charge is 0.459 e. The molecule has 2 unspecified atom stereocenters. The van der Waals surface area contributed by atoms with Gasteiger partial charge in [0.1, 0.15) is 28.3 Å². The van der Waals surface area contributed by atoms with Crippen molar-refractivity contribution in [3.05, 3.63) is 60.2 Å². The van der Waals surface area contributed by atoms with E-state index in [-0.39, 0.29) is 32.3 Å². The van der Waals surface area contributed by atoms with Gasteiger partial charge in [0.25, 0.3) is 0 Å². The Bertz CT molecular complexity index is 1450. The summed E-state index contributed by atoms with van der Waals surface area (Å²) in [5.74, 6) is 0.869. The second-order valence-electron chi connectivity index (χ2n) is 15.7. The Balaban J connectivity index is 1.85. The zero-order valence-electron chi connectivity index (χ0n) is 31.6. The van der Waals surface area contributed by atoms with Gasteiger partial charge in [-0.3, -0.25) is 14.3 Å². The van der Waals surface area contributed by atoms with Gasteiger partial charge in [0, 0.05) is 32.3 Å². The highest BCUT2D eigenvalue weighted by Gasteiger charge is 2.59. The molecule has 2 aromatic carbocycles. The maximum Gasteiger partial charge on any atom is 0.419 e. The highest BCUT2D eigenvalue weighted by atomic mass is 31.2. The molecule has 2 amide bonds. The van der Waals surface area contributed by atoms with Crippen molar-refractivity contribution in [1.82, 2.24) is 9.80 Å². The molecular weight excluding hydrogens is 659 g/mol. The number of nitrogens with zero attached hydrogens (tertiary/aromatic N) is 2. The van der Waals surface area contributed by atoms with Gasteiger partial charge in [-0.15, -0.1) is 0 Å². The van der Waals surface area contributed by atoms with E-state index >= 15 is 0 Å². The molecule has 0 bridgehead atoms. The van der Waals surface area contributed by atoms with Crippen molar-refractivity contribution < 1.29 is 42.4 Å². The van der Waals surface area contributed by atoms with Gasteiger partial charge in [-0.25, -0.2) is 14.5 Å². The fourth-order valence-corrected chi connectivity index (χ4v) is 8.63. The van der Waals surface area contributed by atoms with E-state index in [4.69, 9.17) is 23.5 Å². The summed E-state index contributed by atoms with van der Waals surface area (Å²) in [4.78, 5) is 43.4. The van der Waals surface area contributed by atoms with Crippen LogP contribution in [0.3, 0.4) is 0 Å². The minimum absolute atomic E-state index is 0.0196. The van der Waals surface area contributed by atoms with Crippen LogP contribution in [0, 0.1) is 0 Å². The summed E-state index contributed by atoms with van der Waals surface area (Å²) in [7, 11) is -3.58. The maximum absolute atomic E-state index is 14.8. The van der Waals surface area contributed by atoms with Gasteiger partial charge in [-0.05, 0) is 118 Å². The molecule has 278 valence electrons. The summed E-state index contributed by atoms with van der Waals surface area (Å²) in [5.41, 5.74) is -1.49. The fourth-order valence-electron chi connectivity index (χ4n) is 5.63. The molecule has 0 N–H and O–H groups in total. The number of unbranched alkanes of at least 4 members (excludes halogenated alkanes) is 1. The number of carbonyl (C=O) groups is 3. The van der Waals surface area contributed by atoms with E-state index in [1.54, 1.807) is 69.2 Å². The standard InChI is InChI=1S/C38H57N2O9P/c1-11-45-50(44)26-25-39(27-29-19-21-31(22-20-29)46-30-17-13-12-14-18-30)28-38(50,32(41)47-35(2,3)4)23-15-16-24-40(33(42)48-36(5,6)7)34(43)49-37(8,9)10/h12-14,17-22H,11,15-16,23-28H2,1-10H3. The van der Waals surface area contributed by atoms with Crippen LogP contribution < -0.4 is 4.74 Å². The van der Waals surface area contributed by atoms with Gasteiger partial charge in [0.2, 0.25) is 7.37 Å². The smallest absolute Gasteiger partial charge is 0.419 e. The van der Waals surface area contributed by atoms with E-state index in [1.807, 2.05) is 54.6 Å². The van der Waals surface area contributed by atoms with Crippen molar-refractivity contribution in [2.75, 3.05) is 32.4 Å². The van der Waals surface area contributed by atoms with Crippen molar-refractivity contribution in [2.45, 2.75) is 117 Å². The molecule has 0 saturated carbocycles. The van der Waals surface area contributed by atoms with Crippen molar-refractivity contribution in [2.24, 2.45) is 0 Å². The van der Waals surface area contributed by atoms with Crippen LogP contribution in [-0.4, -0.2) is 82.3 Å². The van der Waals surface area contributed by atoms with Gasteiger partial charge in [-0.2, -0.15) is 0 Å². The zero-order valence-corrected chi connectivity index (χ0v) is 32.5. The summed E-state index contributed by atoms with van der Waals surface area (Å²) in [6.45, 7) is 18.7. The molecule has 12 heteroatoms. The predicted molar refractivity (Wildman–Crippen MR) is 194 cm³/mol. The highest BCUT2D eigenvalue weighted by Crippen LogP contribution is 2.64. The van der Waals surface area contributed by atoms with Crippen LogP contribution in [0.25, 0.3) is 0 Å². The third-order valence-electron chi connectivity index (χ3n) is 7.72. The lowest BCUT2D eigenvalue weighted by molar-refractivity contribution is -0.160. The molecule has 1 saturated heterocycles. The van der Waals surface area contributed by atoms with Crippen LogP contribution in [-0.2, 0) is 34.6 Å². The normalized spacial score (nSPS) is 20.1. The molecule has 2 atom stereocenters. The van der Waals surface area contributed by atoms with Gasteiger partial charge in [-0.1, -0.05) is 30.3 Å².